The van der Waals surface area contributed by atoms with E-state index in [0.29, 0.717) is 16.9 Å². The molecule has 3 rings (SSSR count). The second-order valence-electron chi connectivity index (χ2n) is 5.18. The van der Waals surface area contributed by atoms with Gasteiger partial charge in [-0.1, -0.05) is 18.2 Å². The largest absolute Gasteiger partial charge is 0.436 e. The molecule has 9 heteroatoms. The highest BCUT2D eigenvalue weighted by Gasteiger charge is 2.09. The van der Waals surface area contributed by atoms with E-state index in [9.17, 15) is 9.18 Å². The smallest absolute Gasteiger partial charge is 0.271 e. The van der Waals surface area contributed by atoms with Crippen molar-refractivity contribution in [1.29, 1.82) is 0 Å². The number of halogens is 3. The monoisotopic (exact) mass is 496 g/mol. The summed E-state index contributed by atoms with van der Waals surface area (Å²) in [5.41, 5.74) is 3.59. The van der Waals surface area contributed by atoms with Crippen LogP contribution in [-0.4, -0.2) is 22.1 Å². The van der Waals surface area contributed by atoms with Crippen LogP contribution in [0.15, 0.2) is 59.8 Å². The molecular formula is C18H11ClFIN4O2. The van der Waals surface area contributed by atoms with Gasteiger partial charge in [0, 0.05) is 9.13 Å². The molecule has 0 aliphatic rings. The Labute approximate surface area is 172 Å². The lowest BCUT2D eigenvalue weighted by Gasteiger charge is -2.06. The number of aromatic nitrogens is 2. The zero-order valence-corrected chi connectivity index (χ0v) is 16.5. The topological polar surface area (TPSA) is 76.5 Å². The maximum absolute atomic E-state index is 13.7. The van der Waals surface area contributed by atoms with E-state index in [-0.39, 0.29) is 17.1 Å². The first kappa shape index (κ1) is 19.2. The van der Waals surface area contributed by atoms with Crippen molar-refractivity contribution in [2.75, 3.05) is 0 Å². The summed E-state index contributed by atoms with van der Waals surface area (Å²) in [6, 6.07) is 13.8. The van der Waals surface area contributed by atoms with Crippen molar-refractivity contribution in [3.05, 3.63) is 80.5 Å². The maximum atomic E-state index is 13.7. The number of amides is 1. The summed E-state index contributed by atoms with van der Waals surface area (Å²) in [7, 11) is 0. The first-order chi connectivity index (χ1) is 13.0. The molecule has 0 aliphatic carbocycles. The number of benzene rings is 2. The fourth-order valence-electron chi connectivity index (χ4n) is 2.03. The van der Waals surface area contributed by atoms with Crippen LogP contribution in [-0.2, 0) is 0 Å². The Hall–Kier alpha value is -2.59. The number of rotatable bonds is 5. The summed E-state index contributed by atoms with van der Waals surface area (Å²) >= 11 is 7.77. The molecule has 3 aromatic rings. The number of hydrogen-bond donors (Lipinski definition) is 1. The highest BCUT2D eigenvalue weighted by atomic mass is 127. The van der Waals surface area contributed by atoms with Gasteiger partial charge < -0.3 is 4.74 Å². The molecule has 0 fully saturated rings. The molecule has 27 heavy (non-hydrogen) atoms. The third-order valence-corrected chi connectivity index (χ3v) is 4.07. The quantitative estimate of drug-likeness (QED) is 0.245. The van der Waals surface area contributed by atoms with Crippen LogP contribution in [0.2, 0.25) is 5.28 Å². The average Bonchev–Trinajstić information content (AvgIpc) is 2.65. The fraction of sp³-hybridized carbons (Fsp3) is 0. The van der Waals surface area contributed by atoms with Crippen LogP contribution < -0.4 is 10.2 Å². The van der Waals surface area contributed by atoms with Crippen molar-refractivity contribution in [3.8, 4) is 11.6 Å². The van der Waals surface area contributed by atoms with E-state index in [1.165, 1.54) is 6.21 Å². The van der Waals surface area contributed by atoms with Gasteiger partial charge in [-0.15, -0.1) is 0 Å². The van der Waals surface area contributed by atoms with Gasteiger partial charge in [-0.3, -0.25) is 4.79 Å². The maximum Gasteiger partial charge on any atom is 0.271 e. The molecule has 1 aromatic heterocycles. The van der Waals surface area contributed by atoms with Crippen LogP contribution in [0.5, 0.6) is 11.6 Å². The number of carbonyl (C=O) groups excluding carboxylic acids is 1. The van der Waals surface area contributed by atoms with Gasteiger partial charge in [-0.05, 0) is 70.1 Å². The zero-order chi connectivity index (χ0) is 19.2. The predicted octanol–water partition coefficient (Wildman–Crippen LogP) is 4.43. The number of ether oxygens (including phenoxy) is 1. The SMILES string of the molecule is O=C(N/N=C\c1cccc(Oc2nc(Cl)ncc2F)c1)c1cccc(I)c1. The number of hydrogen-bond acceptors (Lipinski definition) is 5. The molecule has 0 spiro atoms. The lowest BCUT2D eigenvalue weighted by atomic mass is 10.2. The molecule has 0 atom stereocenters. The molecule has 1 amide bonds. The zero-order valence-electron chi connectivity index (χ0n) is 13.6. The number of nitrogens with one attached hydrogen (secondary N) is 1. The second kappa shape index (κ2) is 8.87. The Morgan fingerprint density at radius 3 is 2.89 bits per heavy atom. The van der Waals surface area contributed by atoms with E-state index < -0.39 is 5.82 Å². The lowest BCUT2D eigenvalue weighted by Crippen LogP contribution is -2.17. The first-order valence-corrected chi connectivity index (χ1v) is 9.02. The number of hydrazone groups is 1. The van der Waals surface area contributed by atoms with E-state index in [2.05, 4.69) is 43.1 Å². The van der Waals surface area contributed by atoms with Crippen LogP contribution in [0.3, 0.4) is 0 Å². The molecule has 0 aliphatic heterocycles. The summed E-state index contributed by atoms with van der Waals surface area (Å²) in [5.74, 6) is -1.01. The van der Waals surface area contributed by atoms with E-state index in [0.717, 1.165) is 9.77 Å². The highest BCUT2D eigenvalue weighted by Crippen LogP contribution is 2.23. The van der Waals surface area contributed by atoms with E-state index in [1.807, 2.05) is 6.07 Å². The van der Waals surface area contributed by atoms with Gasteiger partial charge in [0.2, 0.25) is 11.1 Å². The standard InChI is InChI=1S/C18H11ClFIN4O2/c19-18-22-10-15(20)17(24-18)27-14-6-1-3-11(7-14)9-23-25-16(26)12-4-2-5-13(21)8-12/h1-10H,(H,25,26)/b23-9-. The van der Waals surface area contributed by atoms with Gasteiger partial charge in [-0.2, -0.15) is 14.5 Å². The summed E-state index contributed by atoms with van der Waals surface area (Å²) in [6.07, 6.45) is 2.37. The van der Waals surface area contributed by atoms with Crippen molar-refractivity contribution in [2.24, 2.45) is 5.10 Å². The van der Waals surface area contributed by atoms with Crippen molar-refractivity contribution in [1.82, 2.24) is 15.4 Å². The average molecular weight is 497 g/mol. The molecule has 0 radical (unpaired) electrons. The molecule has 0 unspecified atom stereocenters. The lowest BCUT2D eigenvalue weighted by molar-refractivity contribution is 0.0955. The molecular weight excluding hydrogens is 486 g/mol. The Morgan fingerprint density at radius 2 is 2.07 bits per heavy atom. The minimum atomic E-state index is -0.733. The van der Waals surface area contributed by atoms with Gasteiger partial charge in [-0.25, -0.2) is 10.4 Å². The van der Waals surface area contributed by atoms with Crippen molar-refractivity contribution in [2.45, 2.75) is 0 Å². The second-order valence-corrected chi connectivity index (χ2v) is 6.76. The molecule has 1 heterocycles. The minimum absolute atomic E-state index is 0.123. The molecule has 0 bridgehead atoms. The van der Waals surface area contributed by atoms with Crippen LogP contribution in [0.25, 0.3) is 0 Å². The molecule has 0 saturated heterocycles. The van der Waals surface area contributed by atoms with E-state index in [4.69, 9.17) is 16.3 Å². The Kier molecular flexibility index (Phi) is 6.30. The Bertz CT molecular complexity index is 1020. The van der Waals surface area contributed by atoms with Crippen molar-refractivity contribution < 1.29 is 13.9 Å². The molecule has 6 nitrogen and oxygen atoms in total. The predicted molar refractivity (Wildman–Crippen MR) is 108 cm³/mol. The number of nitrogens with zero attached hydrogens (tertiary/aromatic N) is 3. The first-order valence-electron chi connectivity index (χ1n) is 7.56. The van der Waals surface area contributed by atoms with E-state index >= 15 is 0 Å². The Balaban J connectivity index is 1.67. The summed E-state index contributed by atoms with van der Waals surface area (Å²) in [5, 5.41) is 3.80. The third-order valence-electron chi connectivity index (χ3n) is 3.22. The normalized spacial score (nSPS) is 10.8. The van der Waals surface area contributed by atoms with Gasteiger partial charge in [0.1, 0.15) is 5.75 Å². The van der Waals surface area contributed by atoms with E-state index in [1.54, 1.807) is 42.5 Å². The molecule has 2 aromatic carbocycles. The Morgan fingerprint density at radius 1 is 1.26 bits per heavy atom. The van der Waals surface area contributed by atoms with Crippen LogP contribution in [0.4, 0.5) is 4.39 Å². The van der Waals surface area contributed by atoms with Gasteiger partial charge in [0.25, 0.3) is 11.8 Å². The van der Waals surface area contributed by atoms with Crippen molar-refractivity contribution in [3.63, 3.8) is 0 Å². The molecule has 136 valence electrons. The third kappa shape index (κ3) is 5.44. The van der Waals surface area contributed by atoms with Gasteiger partial charge in [0.05, 0.1) is 12.4 Å². The summed E-state index contributed by atoms with van der Waals surface area (Å²) in [6.45, 7) is 0. The molecule has 1 N–H and O–H groups in total. The minimum Gasteiger partial charge on any atom is -0.436 e. The van der Waals surface area contributed by atoms with Crippen LogP contribution in [0.1, 0.15) is 15.9 Å². The van der Waals surface area contributed by atoms with Crippen LogP contribution >= 0.6 is 34.2 Å². The number of carbonyl (C=O) groups is 1. The van der Waals surface area contributed by atoms with Gasteiger partial charge >= 0.3 is 0 Å². The van der Waals surface area contributed by atoms with Crippen LogP contribution in [0, 0.1) is 9.39 Å². The summed E-state index contributed by atoms with van der Waals surface area (Å²) in [4.78, 5) is 19.3. The van der Waals surface area contributed by atoms with Crippen molar-refractivity contribution >= 4 is 46.3 Å². The molecule has 0 saturated carbocycles. The van der Waals surface area contributed by atoms with Gasteiger partial charge in [0.15, 0.2) is 0 Å². The summed E-state index contributed by atoms with van der Waals surface area (Å²) < 4.78 is 20.0. The fourth-order valence-corrected chi connectivity index (χ4v) is 2.70. The highest BCUT2D eigenvalue weighted by molar-refractivity contribution is 14.1.